The maximum Gasteiger partial charge on any atom is 0.268 e. The van der Waals surface area contributed by atoms with Crippen LogP contribution in [-0.4, -0.2) is 35.1 Å². The van der Waals surface area contributed by atoms with Gasteiger partial charge in [0, 0.05) is 22.4 Å². The number of fused-ring (bicyclic) bond motifs is 2. The second-order valence-corrected chi connectivity index (χ2v) is 11.1. The molecule has 34 heavy (non-hydrogen) atoms. The lowest BCUT2D eigenvalue weighted by atomic mass is 10.0. The number of benzene rings is 3. The van der Waals surface area contributed by atoms with Crippen LogP contribution >= 0.6 is 11.8 Å². The number of carbonyl (C=O) groups excluding carboxylic acids is 2. The van der Waals surface area contributed by atoms with Gasteiger partial charge in [-0.05, 0) is 55.8 Å². The Balaban J connectivity index is 1.61. The molecule has 0 unspecified atom stereocenters. The molecule has 0 N–H and O–H groups in total. The molecule has 3 aromatic rings. The highest BCUT2D eigenvalue weighted by Crippen LogP contribution is 2.60. The Morgan fingerprint density at radius 3 is 2.53 bits per heavy atom. The number of para-hydroxylation sites is 1. The number of halogens is 1. The highest BCUT2D eigenvalue weighted by molar-refractivity contribution is 8.02. The minimum absolute atomic E-state index is 0.162. The van der Waals surface area contributed by atoms with E-state index in [1.165, 1.54) is 23.9 Å². The fourth-order valence-corrected chi connectivity index (χ4v) is 6.53. The summed E-state index contributed by atoms with van der Waals surface area (Å²) in [7, 11) is 1.56. The molecule has 5 rings (SSSR count). The number of thioether (sulfide) groups is 1. The maximum atomic E-state index is 14.2. The van der Waals surface area contributed by atoms with Crippen LogP contribution in [0.15, 0.2) is 72.8 Å². The van der Waals surface area contributed by atoms with Gasteiger partial charge in [0.25, 0.3) is 11.8 Å². The molecule has 2 heterocycles. The van der Waals surface area contributed by atoms with Crippen molar-refractivity contribution in [3.8, 4) is 5.75 Å². The third-order valence-electron chi connectivity index (χ3n) is 6.25. The molecule has 1 atom stereocenters. The first-order valence-corrected chi connectivity index (χ1v) is 11.9. The van der Waals surface area contributed by atoms with Crippen LogP contribution in [0.25, 0.3) is 0 Å². The summed E-state index contributed by atoms with van der Waals surface area (Å²) in [4.78, 5) is 30.3. The number of methoxy groups -OCH3 is 1. The van der Waals surface area contributed by atoms with E-state index in [1.807, 2.05) is 24.3 Å². The number of nitrogens with zero attached hydrogens (tertiary/aromatic N) is 2. The van der Waals surface area contributed by atoms with Gasteiger partial charge in [0.1, 0.15) is 11.6 Å². The van der Waals surface area contributed by atoms with Crippen LogP contribution in [0.2, 0.25) is 0 Å². The van der Waals surface area contributed by atoms with Crippen molar-refractivity contribution in [2.24, 2.45) is 0 Å². The smallest absolute Gasteiger partial charge is 0.268 e. The second-order valence-electron chi connectivity index (χ2n) is 9.16. The fourth-order valence-electron chi connectivity index (χ4n) is 4.80. The minimum atomic E-state index is -1.18. The molecule has 7 heteroatoms. The van der Waals surface area contributed by atoms with Crippen molar-refractivity contribution in [1.29, 1.82) is 0 Å². The number of hydrogen-bond donors (Lipinski definition) is 0. The molecule has 1 saturated heterocycles. The molecule has 3 aromatic carbocycles. The van der Waals surface area contributed by atoms with Crippen molar-refractivity contribution in [1.82, 2.24) is 4.90 Å². The molecule has 0 saturated carbocycles. The molecule has 2 amide bonds. The molecular weight excluding hydrogens is 451 g/mol. The average molecular weight is 477 g/mol. The van der Waals surface area contributed by atoms with Gasteiger partial charge in [-0.25, -0.2) is 4.39 Å². The average Bonchev–Trinajstić information content (AvgIpc) is 3.26. The predicted molar refractivity (Wildman–Crippen MR) is 131 cm³/mol. The van der Waals surface area contributed by atoms with E-state index in [1.54, 1.807) is 53.3 Å². The fraction of sp³-hybridized carbons (Fsp3) is 0.259. The van der Waals surface area contributed by atoms with E-state index in [9.17, 15) is 14.0 Å². The van der Waals surface area contributed by atoms with Gasteiger partial charge in [0.05, 0.1) is 19.3 Å². The van der Waals surface area contributed by atoms with E-state index in [0.29, 0.717) is 24.4 Å². The van der Waals surface area contributed by atoms with Crippen LogP contribution in [0.3, 0.4) is 0 Å². The van der Waals surface area contributed by atoms with Crippen molar-refractivity contribution >= 4 is 29.3 Å². The number of carbonyl (C=O) groups is 2. The van der Waals surface area contributed by atoms with Gasteiger partial charge < -0.3 is 14.5 Å². The highest BCUT2D eigenvalue weighted by atomic mass is 32.2. The van der Waals surface area contributed by atoms with Gasteiger partial charge in [-0.3, -0.25) is 9.59 Å². The van der Waals surface area contributed by atoms with Crippen LogP contribution in [0.4, 0.5) is 10.1 Å². The Hall–Kier alpha value is -3.32. The van der Waals surface area contributed by atoms with Crippen molar-refractivity contribution in [3.63, 3.8) is 0 Å². The summed E-state index contributed by atoms with van der Waals surface area (Å²) in [5.74, 6) is -0.118. The van der Waals surface area contributed by atoms with Crippen LogP contribution in [-0.2, 0) is 16.2 Å². The lowest BCUT2D eigenvalue weighted by Gasteiger charge is -2.33. The molecule has 174 valence electrons. The minimum Gasteiger partial charge on any atom is -0.497 e. The highest BCUT2D eigenvalue weighted by Gasteiger charge is 2.63. The van der Waals surface area contributed by atoms with Gasteiger partial charge in [0.15, 0.2) is 4.87 Å². The first kappa shape index (κ1) is 22.5. The van der Waals surface area contributed by atoms with Crippen LogP contribution in [0.5, 0.6) is 5.75 Å². The quantitative estimate of drug-likeness (QED) is 0.519. The number of anilines is 1. The summed E-state index contributed by atoms with van der Waals surface area (Å²) in [6, 6.07) is 20.8. The van der Waals surface area contributed by atoms with Gasteiger partial charge in [-0.2, -0.15) is 0 Å². The van der Waals surface area contributed by atoms with Crippen molar-refractivity contribution in [2.45, 2.75) is 30.0 Å². The Morgan fingerprint density at radius 1 is 1.06 bits per heavy atom. The molecule has 2 aliphatic rings. The molecule has 1 spiro atoms. The summed E-state index contributed by atoms with van der Waals surface area (Å²) in [5, 5.41) is 0. The van der Waals surface area contributed by atoms with E-state index >= 15 is 0 Å². The van der Waals surface area contributed by atoms with E-state index in [-0.39, 0.29) is 22.4 Å². The molecule has 0 bridgehead atoms. The SMILES string of the molecule is COc1cccc(C(=O)N2CC(C)(C)S[C@@]23C(=O)N(Cc2ccc(F)cc2)c2ccccc23)c1. The normalized spacial score (nSPS) is 20.6. The molecule has 0 aromatic heterocycles. The third kappa shape index (κ3) is 3.55. The summed E-state index contributed by atoms with van der Waals surface area (Å²) in [6.07, 6.45) is 0. The Labute approximate surface area is 202 Å². The third-order valence-corrected chi connectivity index (χ3v) is 7.85. The molecular formula is C27H25FN2O3S. The molecule has 2 aliphatic heterocycles. The largest absolute Gasteiger partial charge is 0.497 e. The zero-order valence-electron chi connectivity index (χ0n) is 19.2. The van der Waals surface area contributed by atoms with Crippen LogP contribution < -0.4 is 9.64 Å². The van der Waals surface area contributed by atoms with Crippen molar-refractivity contribution < 1.29 is 18.7 Å². The zero-order valence-corrected chi connectivity index (χ0v) is 20.1. The summed E-state index contributed by atoms with van der Waals surface area (Å²) in [6.45, 7) is 4.81. The number of hydrogen-bond acceptors (Lipinski definition) is 4. The monoisotopic (exact) mass is 476 g/mol. The summed E-state index contributed by atoms with van der Waals surface area (Å²) < 4.78 is 18.4. The number of ether oxygens (including phenoxy) is 1. The van der Waals surface area contributed by atoms with E-state index in [2.05, 4.69) is 13.8 Å². The number of amides is 2. The van der Waals surface area contributed by atoms with E-state index < -0.39 is 4.87 Å². The topological polar surface area (TPSA) is 49.9 Å². The summed E-state index contributed by atoms with van der Waals surface area (Å²) >= 11 is 1.51. The Kier molecular flexibility index (Phi) is 5.40. The van der Waals surface area contributed by atoms with E-state index in [0.717, 1.165) is 16.8 Å². The van der Waals surface area contributed by atoms with Crippen LogP contribution in [0, 0.1) is 5.82 Å². The molecule has 1 fully saturated rings. The summed E-state index contributed by atoms with van der Waals surface area (Å²) in [5.41, 5.74) is 2.85. The van der Waals surface area contributed by atoms with Gasteiger partial charge in [-0.1, -0.05) is 36.4 Å². The first-order valence-electron chi connectivity index (χ1n) is 11.1. The number of rotatable bonds is 4. The van der Waals surface area contributed by atoms with Gasteiger partial charge in [0.2, 0.25) is 0 Å². The van der Waals surface area contributed by atoms with Gasteiger partial charge >= 0.3 is 0 Å². The Morgan fingerprint density at radius 2 is 1.79 bits per heavy atom. The molecule has 0 aliphatic carbocycles. The molecule has 0 radical (unpaired) electrons. The first-order chi connectivity index (χ1) is 16.2. The van der Waals surface area contributed by atoms with E-state index in [4.69, 9.17) is 4.74 Å². The maximum absolute atomic E-state index is 14.2. The Bertz CT molecular complexity index is 1280. The van der Waals surface area contributed by atoms with Crippen molar-refractivity contribution in [3.05, 3.63) is 95.3 Å². The standard InChI is InChI=1S/C27H25FN2O3S/c1-26(2)17-30(24(31)19-7-6-8-21(15-19)33-3)27(34-26)22-9-4-5-10-23(22)29(25(27)32)16-18-11-13-20(28)14-12-18/h4-15H,16-17H2,1-3H3/t27-/m0/s1. The predicted octanol–water partition coefficient (Wildman–Crippen LogP) is 5.20. The lowest BCUT2D eigenvalue weighted by molar-refractivity contribution is -0.123. The van der Waals surface area contributed by atoms with Crippen LogP contribution in [0.1, 0.15) is 35.3 Å². The van der Waals surface area contributed by atoms with Crippen molar-refractivity contribution in [2.75, 3.05) is 18.6 Å². The lowest BCUT2D eigenvalue weighted by Crippen LogP contribution is -2.50. The molecule has 5 nitrogen and oxygen atoms in total. The zero-order chi connectivity index (χ0) is 24.1. The second kappa shape index (κ2) is 8.17. The van der Waals surface area contributed by atoms with Gasteiger partial charge in [-0.15, -0.1) is 11.8 Å².